The van der Waals surface area contributed by atoms with E-state index in [0.29, 0.717) is 18.4 Å². The number of aryl methyl sites for hydroxylation is 1. The minimum Gasteiger partial charge on any atom is -0.330 e. The average Bonchev–Trinajstić information content (AvgIpc) is 2.36. The van der Waals surface area contributed by atoms with E-state index in [4.69, 9.17) is 10.7 Å². The number of pyridine rings is 1. The quantitative estimate of drug-likeness (QED) is 0.890. The fraction of sp³-hybridized carbons (Fsp3) is 0.438. The lowest BCUT2D eigenvalue weighted by Crippen LogP contribution is -2.12. The number of rotatable bonds is 3. The molecular formula is C16H22N2. The van der Waals surface area contributed by atoms with Gasteiger partial charge in [0.05, 0.1) is 5.52 Å². The Labute approximate surface area is 109 Å². The van der Waals surface area contributed by atoms with Crippen LogP contribution in [0.1, 0.15) is 49.4 Å². The zero-order valence-electron chi connectivity index (χ0n) is 11.7. The van der Waals surface area contributed by atoms with Crippen molar-refractivity contribution >= 4 is 10.9 Å². The van der Waals surface area contributed by atoms with E-state index >= 15 is 0 Å². The van der Waals surface area contributed by atoms with Crippen LogP contribution < -0.4 is 5.73 Å². The first-order valence-corrected chi connectivity index (χ1v) is 6.64. The van der Waals surface area contributed by atoms with Crippen molar-refractivity contribution in [2.45, 2.75) is 39.5 Å². The summed E-state index contributed by atoms with van der Waals surface area (Å²) in [5.74, 6) is 0.872. The predicted molar refractivity (Wildman–Crippen MR) is 78.0 cm³/mol. The molecule has 0 aliphatic carbocycles. The molecule has 0 saturated heterocycles. The van der Waals surface area contributed by atoms with Gasteiger partial charge in [0.2, 0.25) is 0 Å². The second-order valence-electron chi connectivity index (χ2n) is 5.43. The molecule has 2 heteroatoms. The van der Waals surface area contributed by atoms with E-state index in [1.54, 1.807) is 0 Å². The Morgan fingerprint density at radius 2 is 1.89 bits per heavy atom. The summed E-state index contributed by atoms with van der Waals surface area (Å²) in [6, 6.07) is 8.77. The highest BCUT2D eigenvalue weighted by Crippen LogP contribution is 2.25. The van der Waals surface area contributed by atoms with Gasteiger partial charge in [0.25, 0.3) is 0 Å². The van der Waals surface area contributed by atoms with Crippen molar-refractivity contribution in [1.29, 1.82) is 0 Å². The van der Waals surface area contributed by atoms with Crippen LogP contribution in [-0.4, -0.2) is 11.5 Å². The first kappa shape index (κ1) is 13.0. The highest BCUT2D eigenvalue weighted by atomic mass is 14.7. The molecule has 1 unspecified atom stereocenters. The number of nitrogens with two attached hydrogens (primary N) is 1. The summed E-state index contributed by atoms with van der Waals surface area (Å²) in [6.07, 6.45) is 0. The Bertz CT molecular complexity index is 558. The van der Waals surface area contributed by atoms with Crippen molar-refractivity contribution in [3.63, 3.8) is 0 Å². The second-order valence-corrected chi connectivity index (χ2v) is 5.43. The molecule has 96 valence electrons. The molecule has 2 rings (SSSR count). The molecule has 0 fully saturated rings. The van der Waals surface area contributed by atoms with Crippen LogP contribution in [0.2, 0.25) is 0 Å². The summed E-state index contributed by atoms with van der Waals surface area (Å²) < 4.78 is 0. The van der Waals surface area contributed by atoms with Gasteiger partial charge >= 0.3 is 0 Å². The third-order valence-electron chi connectivity index (χ3n) is 3.56. The van der Waals surface area contributed by atoms with Gasteiger partial charge in [-0.15, -0.1) is 0 Å². The molecule has 0 saturated carbocycles. The molecule has 18 heavy (non-hydrogen) atoms. The van der Waals surface area contributed by atoms with Gasteiger partial charge in [0.1, 0.15) is 0 Å². The summed E-state index contributed by atoms with van der Waals surface area (Å²) in [6.45, 7) is 9.32. The van der Waals surface area contributed by atoms with E-state index < -0.39 is 0 Å². The molecule has 2 nitrogen and oxygen atoms in total. The first-order valence-electron chi connectivity index (χ1n) is 6.64. The lowest BCUT2D eigenvalue weighted by atomic mass is 9.97. The van der Waals surface area contributed by atoms with Gasteiger partial charge in [-0.1, -0.05) is 26.8 Å². The third kappa shape index (κ3) is 2.39. The summed E-state index contributed by atoms with van der Waals surface area (Å²) in [5.41, 5.74) is 10.5. The first-order chi connectivity index (χ1) is 8.52. The number of benzene rings is 1. The molecule has 0 aliphatic rings. The number of fused-ring (bicyclic) bond motifs is 1. The summed E-state index contributed by atoms with van der Waals surface area (Å²) in [4.78, 5) is 4.77. The standard InChI is InChI=1S/C16H22N2/c1-10(2)13-5-6-15-14(8-13)7-11(3)16(18-15)12(4)9-17/h5-8,10,12H,9,17H2,1-4H3. The van der Waals surface area contributed by atoms with Crippen molar-refractivity contribution in [1.82, 2.24) is 4.98 Å². The maximum atomic E-state index is 5.74. The average molecular weight is 242 g/mol. The monoisotopic (exact) mass is 242 g/mol. The van der Waals surface area contributed by atoms with Gasteiger partial charge < -0.3 is 5.73 Å². The van der Waals surface area contributed by atoms with Crippen LogP contribution in [-0.2, 0) is 0 Å². The maximum Gasteiger partial charge on any atom is 0.0705 e. The Balaban J connectivity index is 2.57. The van der Waals surface area contributed by atoms with Crippen LogP contribution in [0.5, 0.6) is 0 Å². The van der Waals surface area contributed by atoms with Crippen molar-refractivity contribution in [3.05, 3.63) is 41.1 Å². The Morgan fingerprint density at radius 3 is 2.50 bits per heavy atom. The molecule has 0 bridgehead atoms. The number of nitrogens with zero attached hydrogens (tertiary/aromatic N) is 1. The number of hydrogen-bond acceptors (Lipinski definition) is 2. The normalized spacial score (nSPS) is 13.2. The van der Waals surface area contributed by atoms with Crippen molar-refractivity contribution in [3.8, 4) is 0 Å². The number of aromatic nitrogens is 1. The maximum absolute atomic E-state index is 5.74. The van der Waals surface area contributed by atoms with E-state index in [9.17, 15) is 0 Å². The molecule has 1 heterocycles. The lowest BCUT2D eigenvalue weighted by molar-refractivity contribution is 0.742. The van der Waals surface area contributed by atoms with Gasteiger partial charge in [0.15, 0.2) is 0 Å². The Morgan fingerprint density at radius 1 is 1.17 bits per heavy atom. The van der Waals surface area contributed by atoms with E-state index in [1.807, 2.05) is 0 Å². The molecule has 0 amide bonds. The SMILES string of the molecule is Cc1cc2cc(C(C)C)ccc2nc1C(C)CN. The van der Waals surface area contributed by atoms with E-state index in [2.05, 4.69) is 52.0 Å². The minimum absolute atomic E-state index is 0.319. The van der Waals surface area contributed by atoms with Crippen LogP contribution in [0.4, 0.5) is 0 Å². The second kappa shape index (κ2) is 5.07. The molecular weight excluding hydrogens is 220 g/mol. The van der Waals surface area contributed by atoms with Gasteiger partial charge in [-0.25, -0.2) is 0 Å². The van der Waals surface area contributed by atoms with Crippen LogP contribution in [0.15, 0.2) is 24.3 Å². The molecule has 1 aromatic heterocycles. The van der Waals surface area contributed by atoms with E-state index in [0.717, 1.165) is 11.2 Å². The number of hydrogen-bond donors (Lipinski definition) is 1. The fourth-order valence-electron chi connectivity index (χ4n) is 2.29. The summed E-state index contributed by atoms with van der Waals surface area (Å²) in [5, 5.41) is 1.23. The third-order valence-corrected chi connectivity index (χ3v) is 3.56. The van der Waals surface area contributed by atoms with Crippen LogP contribution >= 0.6 is 0 Å². The zero-order valence-corrected chi connectivity index (χ0v) is 11.7. The van der Waals surface area contributed by atoms with Gasteiger partial charge in [-0.2, -0.15) is 0 Å². The molecule has 0 spiro atoms. The summed E-state index contributed by atoms with van der Waals surface area (Å²) in [7, 11) is 0. The van der Waals surface area contributed by atoms with Gasteiger partial charge in [-0.05, 0) is 42.2 Å². The largest absolute Gasteiger partial charge is 0.330 e. The molecule has 2 N–H and O–H groups in total. The lowest BCUT2D eigenvalue weighted by Gasteiger charge is -2.14. The molecule has 1 aromatic carbocycles. The van der Waals surface area contributed by atoms with Crippen LogP contribution in [0, 0.1) is 6.92 Å². The smallest absolute Gasteiger partial charge is 0.0705 e. The van der Waals surface area contributed by atoms with E-state index in [1.165, 1.54) is 16.5 Å². The van der Waals surface area contributed by atoms with Crippen molar-refractivity contribution in [2.75, 3.05) is 6.54 Å². The fourth-order valence-corrected chi connectivity index (χ4v) is 2.29. The molecule has 0 aliphatic heterocycles. The molecule has 1 atom stereocenters. The van der Waals surface area contributed by atoms with Gasteiger partial charge in [0, 0.05) is 23.5 Å². The highest BCUT2D eigenvalue weighted by molar-refractivity contribution is 5.80. The van der Waals surface area contributed by atoms with Crippen molar-refractivity contribution < 1.29 is 0 Å². The van der Waals surface area contributed by atoms with Crippen LogP contribution in [0.3, 0.4) is 0 Å². The topological polar surface area (TPSA) is 38.9 Å². The Hall–Kier alpha value is -1.41. The van der Waals surface area contributed by atoms with E-state index in [-0.39, 0.29) is 0 Å². The summed E-state index contributed by atoms with van der Waals surface area (Å²) >= 11 is 0. The van der Waals surface area contributed by atoms with Crippen LogP contribution in [0.25, 0.3) is 10.9 Å². The predicted octanol–water partition coefficient (Wildman–Crippen LogP) is 3.73. The molecule has 0 radical (unpaired) electrons. The minimum atomic E-state index is 0.319. The van der Waals surface area contributed by atoms with Gasteiger partial charge in [-0.3, -0.25) is 4.98 Å². The molecule has 2 aromatic rings. The van der Waals surface area contributed by atoms with Crippen molar-refractivity contribution in [2.24, 2.45) is 5.73 Å². The zero-order chi connectivity index (χ0) is 13.3. The highest BCUT2D eigenvalue weighted by Gasteiger charge is 2.10. The Kier molecular flexibility index (Phi) is 3.67.